The van der Waals surface area contributed by atoms with E-state index in [1.54, 1.807) is 17.0 Å². The van der Waals surface area contributed by atoms with Crippen molar-refractivity contribution < 1.29 is 14.7 Å². The molecule has 1 atom stereocenters. The molecule has 5 heteroatoms. The number of benzene rings is 3. The van der Waals surface area contributed by atoms with Gasteiger partial charge in [0.05, 0.1) is 5.56 Å². The predicted octanol–water partition coefficient (Wildman–Crippen LogP) is 4.67. The Morgan fingerprint density at radius 1 is 0.935 bits per heavy atom. The van der Waals surface area contributed by atoms with Crippen molar-refractivity contribution in [3.8, 4) is 16.9 Å². The number of fused-ring (bicyclic) bond motifs is 1. The lowest BCUT2D eigenvalue weighted by Crippen LogP contribution is -2.48. The fraction of sp³-hybridized carbons (Fsp3) is 0.231. The van der Waals surface area contributed by atoms with Gasteiger partial charge in [0.15, 0.2) is 0 Å². The van der Waals surface area contributed by atoms with Crippen molar-refractivity contribution >= 4 is 11.8 Å². The predicted molar refractivity (Wildman–Crippen MR) is 120 cm³/mol. The van der Waals surface area contributed by atoms with Crippen LogP contribution in [0.1, 0.15) is 48.3 Å². The number of aromatic hydroxyl groups is 1. The van der Waals surface area contributed by atoms with Crippen molar-refractivity contribution in [2.24, 2.45) is 0 Å². The lowest BCUT2D eigenvalue weighted by Gasteiger charge is -2.36. The molecule has 0 saturated heterocycles. The maximum absolute atomic E-state index is 13.6. The highest BCUT2D eigenvalue weighted by molar-refractivity contribution is 6.10. The van der Waals surface area contributed by atoms with Crippen molar-refractivity contribution in [3.63, 3.8) is 0 Å². The molecule has 1 unspecified atom stereocenters. The molecule has 0 fully saturated rings. The van der Waals surface area contributed by atoms with Crippen LogP contribution >= 0.6 is 0 Å². The number of rotatable bonds is 4. The van der Waals surface area contributed by atoms with Crippen molar-refractivity contribution in [1.82, 2.24) is 10.2 Å². The first-order valence-electron chi connectivity index (χ1n) is 10.4. The number of nitrogens with one attached hydrogen (secondary N) is 1. The standard InChI is InChI=1S/C26H26N2O3/c1-26(2,3)28-23(24(30)27-16-17-10-6-4-7-11-17)19-14-15-20(29)21(22(19)25(28)31)18-12-8-5-9-13-18/h4-15,23,29H,16H2,1-3H3,(H,27,30). The second kappa shape index (κ2) is 7.91. The molecule has 3 aromatic carbocycles. The van der Waals surface area contributed by atoms with Gasteiger partial charge in [0.1, 0.15) is 11.8 Å². The third-order valence-corrected chi connectivity index (χ3v) is 5.54. The van der Waals surface area contributed by atoms with E-state index < -0.39 is 11.6 Å². The summed E-state index contributed by atoms with van der Waals surface area (Å²) in [6.45, 7) is 6.12. The number of phenols is 1. The van der Waals surface area contributed by atoms with E-state index in [1.807, 2.05) is 81.4 Å². The monoisotopic (exact) mass is 414 g/mol. The van der Waals surface area contributed by atoms with Crippen LogP contribution in [0, 0.1) is 0 Å². The zero-order chi connectivity index (χ0) is 22.2. The average Bonchev–Trinajstić information content (AvgIpc) is 3.06. The van der Waals surface area contributed by atoms with Crippen LogP contribution in [0.3, 0.4) is 0 Å². The van der Waals surface area contributed by atoms with Crippen LogP contribution in [0.25, 0.3) is 11.1 Å². The van der Waals surface area contributed by atoms with Crippen LogP contribution in [0.5, 0.6) is 5.75 Å². The Labute approximate surface area is 182 Å². The van der Waals surface area contributed by atoms with Crippen molar-refractivity contribution in [3.05, 3.63) is 89.5 Å². The Hall–Kier alpha value is -3.60. The van der Waals surface area contributed by atoms with Gasteiger partial charge in [-0.2, -0.15) is 0 Å². The second-order valence-electron chi connectivity index (χ2n) is 8.74. The zero-order valence-electron chi connectivity index (χ0n) is 17.9. The minimum atomic E-state index is -0.769. The molecule has 0 aliphatic carbocycles. The lowest BCUT2D eigenvalue weighted by molar-refractivity contribution is -0.127. The Morgan fingerprint density at radius 2 is 1.55 bits per heavy atom. The van der Waals surface area contributed by atoms with Gasteiger partial charge in [0.25, 0.3) is 5.91 Å². The smallest absolute Gasteiger partial charge is 0.256 e. The molecule has 2 amide bonds. The molecule has 1 heterocycles. The molecule has 0 saturated carbocycles. The molecule has 158 valence electrons. The highest BCUT2D eigenvalue weighted by Crippen LogP contribution is 2.46. The largest absolute Gasteiger partial charge is 0.507 e. The molecule has 4 rings (SSSR count). The summed E-state index contributed by atoms with van der Waals surface area (Å²) in [6, 6.07) is 21.5. The normalized spacial score (nSPS) is 15.6. The summed E-state index contributed by atoms with van der Waals surface area (Å²) in [7, 11) is 0. The summed E-state index contributed by atoms with van der Waals surface area (Å²) in [5.41, 5.74) is 2.61. The van der Waals surface area contributed by atoms with Gasteiger partial charge in [0.2, 0.25) is 5.91 Å². The van der Waals surface area contributed by atoms with Crippen LogP contribution < -0.4 is 5.32 Å². The van der Waals surface area contributed by atoms with Gasteiger partial charge in [-0.05, 0) is 43.5 Å². The van der Waals surface area contributed by atoms with Gasteiger partial charge in [-0.3, -0.25) is 9.59 Å². The van der Waals surface area contributed by atoms with E-state index in [-0.39, 0.29) is 17.6 Å². The quantitative estimate of drug-likeness (QED) is 0.652. The molecule has 0 spiro atoms. The van der Waals surface area contributed by atoms with Crippen molar-refractivity contribution in [2.45, 2.75) is 38.9 Å². The number of hydrogen-bond donors (Lipinski definition) is 2. The first kappa shape index (κ1) is 20.7. The zero-order valence-corrected chi connectivity index (χ0v) is 17.9. The van der Waals surface area contributed by atoms with E-state index in [0.717, 1.165) is 11.1 Å². The van der Waals surface area contributed by atoms with Gasteiger partial charge in [0, 0.05) is 17.6 Å². The molecular formula is C26H26N2O3. The van der Waals surface area contributed by atoms with Gasteiger partial charge < -0.3 is 15.3 Å². The summed E-state index contributed by atoms with van der Waals surface area (Å²) in [5, 5.41) is 13.6. The van der Waals surface area contributed by atoms with E-state index in [2.05, 4.69) is 5.32 Å². The summed E-state index contributed by atoms with van der Waals surface area (Å²) in [4.78, 5) is 28.6. The summed E-state index contributed by atoms with van der Waals surface area (Å²) in [5.74, 6) is -0.467. The maximum atomic E-state index is 13.6. The summed E-state index contributed by atoms with van der Waals surface area (Å²) < 4.78 is 0. The number of phenolic OH excluding ortho intramolecular Hbond substituents is 1. The van der Waals surface area contributed by atoms with Gasteiger partial charge in [-0.1, -0.05) is 66.7 Å². The number of amides is 2. The van der Waals surface area contributed by atoms with Gasteiger partial charge >= 0.3 is 0 Å². The van der Waals surface area contributed by atoms with Crippen LogP contribution in [-0.4, -0.2) is 27.4 Å². The minimum absolute atomic E-state index is 0.0255. The first-order valence-corrected chi connectivity index (χ1v) is 10.4. The molecular weight excluding hydrogens is 388 g/mol. The fourth-order valence-electron chi connectivity index (χ4n) is 4.17. The number of carbonyl (C=O) groups excluding carboxylic acids is 2. The number of hydrogen-bond acceptors (Lipinski definition) is 3. The topological polar surface area (TPSA) is 69.6 Å². The first-order chi connectivity index (χ1) is 14.8. The minimum Gasteiger partial charge on any atom is -0.507 e. The molecule has 0 aromatic heterocycles. The molecule has 3 aromatic rings. The Bertz CT molecular complexity index is 1120. The number of carbonyl (C=O) groups is 2. The summed E-state index contributed by atoms with van der Waals surface area (Å²) >= 11 is 0. The maximum Gasteiger partial charge on any atom is 0.256 e. The van der Waals surface area contributed by atoms with E-state index in [1.165, 1.54) is 0 Å². The highest BCUT2D eigenvalue weighted by atomic mass is 16.3. The molecule has 0 bridgehead atoms. The molecule has 5 nitrogen and oxygen atoms in total. The number of nitrogens with zero attached hydrogens (tertiary/aromatic N) is 1. The molecule has 2 N–H and O–H groups in total. The molecule has 1 aliphatic rings. The van der Waals surface area contributed by atoms with Crippen LogP contribution in [-0.2, 0) is 11.3 Å². The average molecular weight is 415 g/mol. The van der Waals surface area contributed by atoms with E-state index in [9.17, 15) is 14.7 Å². The van der Waals surface area contributed by atoms with Gasteiger partial charge in [-0.15, -0.1) is 0 Å². The third-order valence-electron chi connectivity index (χ3n) is 5.54. The van der Waals surface area contributed by atoms with Crippen LogP contribution in [0.4, 0.5) is 0 Å². The Kier molecular flexibility index (Phi) is 5.27. The van der Waals surface area contributed by atoms with Crippen molar-refractivity contribution in [1.29, 1.82) is 0 Å². The lowest BCUT2D eigenvalue weighted by atomic mass is 9.93. The highest BCUT2D eigenvalue weighted by Gasteiger charge is 2.47. The Morgan fingerprint density at radius 3 is 2.16 bits per heavy atom. The van der Waals surface area contributed by atoms with E-state index >= 15 is 0 Å². The molecule has 0 radical (unpaired) electrons. The fourth-order valence-corrected chi connectivity index (χ4v) is 4.17. The second-order valence-corrected chi connectivity index (χ2v) is 8.74. The molecule has 1 aliphatic heterocycles. The van der Waals surface area contributed by atoms with Gasteiger partial charge in [-0.25, -0.2) is 0 Å². The van der Waals surface area contributed by atoms with E-state index in [0.29, 0.717) is 23.2 Å². The van der Waals surface area contributed by atoms with Crippen molar-refractivity contribution in [2.75, 3.05) is 0 Å². The van der Waals surface area contributed by atoms with E-state index in [4.69, 9.17) is 0 Å². The Balaban J connectivity index is 1.79. The SMILES string of the molecule is CC(C)(C)N1C(=O)c2c(ccc(O)c2-c2ccccc2)C1C(=O)NCc1ccccc1. The molecule has 31 heavy (non-hydrogen) atoms. The third kappa shape index (κ3) is 3.79. The van der Waals surface area contributed by atoms with Crippen LogP contribution in [0.2, 0.25) is 0 Å². The van der Waals surface area contributed by atoms with Crippen LogP contribution in [0.15, 0.2) is 72.8 Å². The summed E-state index contributed by atoms with van der Waals surface area (Å²) in [6.07, 6.45) is 0.